The zero-order valence-electron chi connectivity index (χ0n) is 47.4. The summed E-state index contributed by atoms with van der Waals surface area (Å²) in [4.78, 5) is 0. The Morgan fingerprint density at radius 2 is 0.575 bits per heavy atom. The third-order valence-corrected chi connectivity index (χ3v) is 18.6. The Morgan fingerprint density at radius 1 is 0.161 bits per heavy atom. The monoisotopic (exact) mass is 1100 g/mol. The van der Waals surface area contributed by atoms with Gasteiger partial charge in [0, 0.05) is 27.3 Å². The number of rotatable bonds is 7. The molecule has 0 saturated heterocycles. The van der Waals surface area contributed by atoms with Gasteiger partial charge in [-0.25, -0.2) is 0 Å². The average molecular weight is 1100 g/mol. The van der Waals surface area contributed by atoms with Crippen molar-refractivity contribution in [3.05, 3.63) is 315 Å². The van der Waals surface area contributed by atoms with E-state index in [2.05, 4.69) is 315 Å². The quantitative estimate of drug-likeness (QED) is 0.115. The molecule has 0 N–H and O–H groups in total. The first-order valence-corrected chi connectivity index (χ1v) is 30.1. The highest BCUT2D eigenvalue weighted by atomic mass is 16.3. The number of hydrogen-bond donors (Lipinski definition) is 0. The van der Waals surface area contributed by atoms with Crippen molar-refractivity contribution < 1.29 is 4.42 Å². The molecule has 0 radical (unpaired) electrons. The van der Waals surface area contributed by atoms with Gasteiger partial charge in [-0.1, -0.05) is 291 Å². The van der Waals surface area contributed by atoms with E-state index in [1.54, 1.807) is 0 Å². The summed E-state index contributed by atoms with van der Waals surface area (Å²) in [6.07, 6.45) is 0. The smallest absolute Gasteiger partial charge is 0.143 e. The summed E-state index contributed by atoms with van der Waals surface area (Å²) in [5.41, 5.74) is 18.5. The molecule has 0 unspecified atom stereocenters. The van der Waals surface area contributed by atoms with E-state index in [0.29, 0.717) is 0 Å². The van der Waals surface area contributed by atoms with Crippen molar-refractivity contribution in [3.63, 3.8) is 0 Å². The van der Waals surface area contributed by atoms with Gasteiger partial charge < -0.3 is 4.42 Å². The molecule has 17 aromatic carbocycles. The van der Waals surface area contributed by atoms with Crippen LogP contribution in [0.2, 0.25) is 0 Å². The molecular weight excluding hydrogens is 1050 g/mol. The standard InChI is InChI=1S/C86H52O/c1-3-22-53(23-4-1)62-48-49-73(64-32-10-9-31-63(62)64)82-70-38-16-15-37-69(70)81(59-29-19-28-58(50-59)61-41-20-27-54-24-7-8-30-60(54)61)79-52-57(44-46-74(79)82)56-45-47-75-78(51-56)65-33-11-12-34-66(65)84-77-43-21-42-76(85(77)87-86(75)84)83-71-39-17-13-35-67(71)80(55-25-5-2-6-26-55)68-36-14-18-40-72(68)83/h1-52H. The molecule has 1 aromatic heterocycles. The van der Waals surface area contributed by atoms with Crippen molar-refractivity contribution in [1.82, 2.24) is 0 Å². The fraction of sp³-hybridized carbons (Fsp3) is 0. The highest BCUT2D eigenvalue weighted by molar-refractivity contribution is 6.33. The van der Waals surface area contributed by atoms with Crippen molar-refractivity contribution in [2.24, 2.45) is 0 Å². The van der Waals surface area contributed by atoms with Crippen molar-refractivity contribution in [2.75, 3.05) is 0 Å². The van der Waals surface area contributed by atoms with Gasteiger partial charge in [-0.3, -0.25) is 0 Å². The van der Waals surface area contributed by atoms with Crippen LogP contribution in [0.4, 0.5) is 0 Å². The van der Waals surface area contributed by atoms with E-state index in [9.17, 15) is 0 Å². The SMILES string of the molecule is c1ccc(-c2ccc(-c3c4ccccc4c(-c4cccc(-c5cccc6ccccc56)c4)c4cc(-c5ccc6c(c5)c5ccccc5c5c7cccc(-c8c9ccccc9c(-c9ccccc9)c9ccccc89)c7oc65)ccc34)c3ccccc23)cc1. The Labute approximate surface area is 502 Å². The molecule has 1 heterocycles. The first-order chi connectivity index (χ1) is 43.2. The van der Waals surface area contributed by atoms with Gasteiger partial charge >= 0.3 is 0 Å². The van der Waals surface area contributed by atoms with E-state index in [0.717, 1.165) is 49.4 Å². The third kappa shape index (κ3) is 7.60. The molecular formula is C86H52O. The predicted molar refractivity (Wildman–Crippen MR) is 372 cm³/mol. The van der Waals surface area contributed by atoms with Gasteiger partial charge in [-0.15, -0.1) is 0 Å². The Morgan fingerprint density at radius 3 is 1.25 bits per heavy atom. The van der Waals surface area contributed by atoms with Crippen LogP contribution < -0.4 is 0 Å². The molecule has 0 saturated carbocycles. The lowest BCUT2D eigenvalue weighted by molar-refractivity contribution is 0.674. The van der Waals surface area contributed by atoms with Crippen molar-refractivity contribution in [3.8, 4) is 77.9 Å². The van der Waals surface area contributed by atoms with Crippen LogP contribution in [-0.2, 0) is 0 Å². The normalized spacial score (nSPS) is 11.9. The maximum Gasteiger partial charge on any atom is 0.143 e. The lowest BCUT2D eigenvalue weighted by Gasteiger charge is -2.21. The molecule has 0 amide bonds. The fourth-order valence-corrected chi connectivity index (χ4v) is 14.9. The first kappa shape index (κ1) is 49.1. The van der Waals surface area contributed by atoms with Crippen molar-refractivity contribution >= 4 is 108 Å². The first-order valence-electron chi connectivity index (χ1n) is 30.1. The zero-order chi connectivity index (χ0) is 57.1. The van der Waals surface area contributed by atoms with Gasteiger partial charge in [-0.05, 0) is 172 Å². The van der Waals surface area contributed by atoms with Crippen LogP contribution in [0, 0.1) is 0 Å². The zero-order valence-corrected chi connectivity index (χ0v) is 47.4. The number of hydrogen-bond acceptors (Lipinski definition) is 1. The Balaban J connectivity index is 0.873. The summed E-state index contributed by atoms with van der Waals surface area (Å²) in [5, 5.41) is 21.5. The van der Waals surface area contributed by atoms with E-state index in [-0.39, 0.29) is 0 Å². The summed E-state index contributed by atoms with van der Waals surface area (Å²) in [7, 11) is 0. The van der Waals surface area contributed by atoms with Crippen LogP contribution >= 0.6 is 0 Å². The molecule has 0 aliphatic carbocycles. The van der Waals surface area contributed by atoms with Crippen LogP contribution in [0.1, 0.15) is 0 Å². The van der Waals surface area contributed by atoms with Gasteiger partial charge in [0.2, 0.25) is 0 Å². The lowest BCUT2D eigenvalue weighted by atomic mass is 9.82. The van der Waals surface area contributed by atoms with E-state index < -0.39 is 0 Å². The second kappa shape index (κ2) is 19.6. The minimum absolute atomic E-state index is 0.897. The summed E-state index contributed by atoms with van der Waals surface area (Å²) in [6, 6.07) is 117. The number of benzene rings is 17. The molecule has 0 bridgehead atoms. The van der Waals surface area contributed by atoms with Crippen molar-refractivity contribution in [2.45, 2.75) is 0 Å². The highest BCUT2D eigenvalue weighted by Gasteiger charge is 2.25. The Bertz CT molecular complexity index is 5810. The van der Waals surface area contributed by atoms with Crippen LogP contribution in [0.5, 0.6) is 0 Å². The molecule has 87 heavy (non-hydrogen) atoms. The summed E-state index contributed by atoms with van der Waals surface area (Å²) < 4.78 is 7.46. The molecule has 0 aliphatic rings. The lowest BCUT2D eigenvalue weighted by Crippen LogP contribution is -1.93. The van der Waals surface area contributed by atoms with E-state index >= 15 is 0 Å². The van der Waals surface area contributed by atoms with Crippen LogP contribution in [-0.4, -0.2) is 0 Å². The molecule has 0 atom stereocenters. The molecule has 1 heteroatoms. The summed E-state index contributed by atoms with van der Waals surface area (Å²) in [5.74, 6) is 0. The molecule has 18 rings (SSSR count). The second-order valence-electron chi connectivity index (χ2n) is 23.2. The molecule has 18 aromatic rings. The third-order valence-electron chi connectivity index (χ3n) is 18.6. The molecule has 402 valence electrons. The van der Waals surface area contributed by atoms with E-state index in [4.69, 9.17) is 4.42 Å². The number of para-hydroxylation sites is 1. The minimum atomic E-state index is 0.897. The van der Waals surface area contributed by atoms with Gasteiger partial charge in [0.15, 0.2) is 0 Å². The topological polar surface area (TPSA) is 13.1 Å². The molecule has 0 spiro atoms. The second-order valence-corrected chi connectivity index (χ2v) is 23.2. The van der Waals surface area contributed by atoms with E-state index in [1.165, 1.54) is 137 Å². The van der Waals surface area contributed by atoms with Gasteiger partial charge in [-0.2, -0.15) is 0 Å². The van der Waals surface area contributed by atoms with Crippen LogP contribution in [0.3, 0.4) is 0 Å². The maximum absolute atomic E-state index is 7.46. The van der Waals surface area contributed by atoms with E-state index in [1.807, 2.05) is 0 Å². The van der Waals surface area contributed by atoms with Gasteiger partial charge in [0.25, 0.3) is 0 Å². The maximum atomic E-state index is 7.46. The highest BCUT2D eigenvalue weighted by Crippen LogP contribution is 2.51. The number of fused-ring (bicyclic) bond motifs is 14. The van der Waals surface area contributed by atoms with Crippen molar-refractivity contribution in [1.29, 1.82) is 0 Å². The molecule has 1 nitrogen and oxygen atoms in total. The van der Waals surface area contributed by atoms with Crippen LogP contribution in [0.15, 0.2) is 320 Å². The largest absolute Gasteiger partial charge is 0.455 e. The van der Waals surface area contributed by atoms with Gasteiger partial charge in [0.05, 0.1) is 0 Å². The summed E-state index contributed by atoms with van der Waals surface area (Å²) >= 11 is 0. The average Bonchev–Trinajstić information content (AvgIpc) is 1.84. The Hall–Kier alpha value is -11.4. The summed E-state index contributed by atoms with van der Waals surface area (Å²) in [6.45, 7) is 0. The fourth-order valence-electron chi connectivity index (χ4n) is 14.9. The predicted octanol–water partition coefficient (Wildman–Crippen LogP) is 24.5. The number of furan rings is 1. The minimum Gasteiger partial charge on any atom is -0.455 e. The van der Waals surface area contributed by atoms with Crippen LogP contribution in [0.25, 0.3) is 186 Å². The van der Waals surface area contributed by atoms with Gasteiger partial charge in [0.1, 0.15) is 11.2 Å². The Kier molecular flexibility index (Phi) is 11.1. The molecule has 0 aliphatic heterocycles. The molecule has 0 fully saturated rings.